The molecule has 0 aliphatic carbocycles. The van der Waals surface area contributed by atoms with E-state index in [4.69, 9.17) is 9.81 Å². The van der Waals surface area contributed by atoms with Gasteiger partial charge in [-0.3, -0.25) is 0 Å². The van der Waals surface area contributed by atoms with Gasteiger partial charge in [0.05, 0.1) is 6.07 Å². The maximum absolute atomic E-state index is 10.8. The molecule has 0 atom stereocenters. The van der Waals surface area contributed by atoms with Crippen molar-refractivity contribution in [2.75, 3.05) is 0 Å². The summed E-state index contributed by atoms with van der Waals surface area (Å²) in [5.41, 5.74) is 0.368. The van der Waals surface area contributed by atoms with E-state index in [0.29, 0.717) is 11.3 Å². The van der Waals surface area contributed by atoms with Gasteiger partial charge in [0.2, 0.25) is 5.39 Å². The van der Waals surface area contributed by atoms with Gasteiger partial charge in [0, 0.05) is 17.5 Å². The summed E-state index contributed by atoms with van der Waals surface area (Å²) in [7, 11) is 0. The zero-order valence-corrected chi connectivity index (χ0v) is 6.60. The Balaban J connectivity index is 2.84. The van der Waals surface area contributed by atoms with Crippen LogP contribution in [0.5, 0.6) is 0 Å². The van der Waals surface area contributed by atoms with Crippen LogP contribution in [0.25, 0.3) is 15.9 Å². The molecule has 0 fully saturated rings. The minimum atomic E-state index is -0.414. The molecule has 2 aromatic rings. The second-order valence-corrected chi connectivity index (χ2v) is 2.58. The summed E-state index contributed by atoms with van der Waals surface area (Å²) < 4.78 is 4.88. The number of rotatable bonds is 0. The van der Waals surface area contributed by atoms with Gasteiger partial charge in [-0.25, -0.2) is 4.79 Å². The van der Waals surface area contributed by atoms with E-state index in [1.807, 2.05) is 0 Å². The van der Waals surface area contributed by atoms with Crippen molar-refractivity contribution >= 4 is 16.7 Å². The molecule has 1 heterocycles. The summed E-state index contributed by atoms with van der Waals surface area (Å²) in [4.78, 5) is 13.8. The number of benzene rings is 1. The molecule has 0 amide bonds. The lowest BCUT2D eigenvalue weighted by atomic mass is 10.2. The third kappa shape index (κ3) is 1.27. The number of diazo groups is 1. The number of fused-ring (bicyclic) bond motifs is 1. The lowest BCUT2D eigenvalue weighted by molar-refractivity contribution is 0.561. The first-order valence-corrected chi connectivity index (χ1v) is 3.68. The predicted molar refractivity (Wildman–Crippen MR) is 47.2 cm³/mol. The molecule has 1 aromatic heterocycles. The van der Waals surface area contributed by atoms with E-state index in [-0.39, 0.29) is 0 Å². The van der Waals surface area contributed by atoms with Crippen molar-refractivity contribution in [3.8, 4) is 0 Å². The summed E-state index contributed by atoms with van der Waals surface area (Å²) in [5.74, 6) is 0. The Bertz CT molecular complexity index is 551. The number of nitrogens with zero attached hydrogens (tertiary/aromatic N) is 2. The Morgan fingerprint density at radius 3 is 2.77 bits per heavy atom. The van der Waals surface area contributed by atoms with Gasteiger partial charge in [-0.15, -0.1) is 0 Å². The van der Waals surface area contributed by atoms with Crippen molar-refractivity contribution in [2.24, 2.45) is 0 Å². The fourth-order valence-corrected chi connectivity index (χ4v) is 1.11. The van der Waals surface area contributed by atoms with Gasteiger partial charge in [-0.05, 0) is 12.1 Å². The van der Waals surface area contributed by atoms with Crippen LogP contribution in [0.4, 0.5) is 5.69 Å². The van der Waals surface area contributed by atoms with Crippen LogP contribution in [0.3, 0.4) is 0 Å². The van der Waals surface area contributed by atoms with E-state index in [2.05, 4.69) is 4.98 Å². The molecule has 1 aromatic carbocycles. The van der Waals surface area contributed by atoms with Crippen molar-refractivity contribution < 1.29 is 4.42 Å². The van der Waals surface area contributed by atoms with Gasteiger partial charge >= 0.3 is 11.3 Å². The molecule has 0 saturated carbocycles. The number of hydrogen-bond donors (Lipinski definition) is 0. The smallest absolute Gasteiger partial charge is 0.388 e. The van der Waals surface area contributed by atoms with Crippen molar-refractivity contribution in [3.05, 3.63) is 45.7 Å². The Morgan fingerprint density at radius 2 is 2.00 bits per heavy atom. The van der Waals surface area contributed by atoms with E-state index < -0.39 is 5.63 Å². The lowest BCUT2D eigenvalue weighted by Gasteiger charge is -1.90. The predicted octanol–water partition coefficient (Wildman–Crippen LogP) is 2.28. The average molecular weight is 173 g/mol. The third-order valence-electron chi connectivity index (χ3n) is 1.72. The highest BCUT2D eigenvalue weighted by molar-refractivity contribution is 5.80. The van der Waals surface area contributed by atoms with Crippen molar-refractivity contribution in [3.63, 3.8) is 0 Å². The summed E-state index contributed by atoms with van der Waals surface area (Å²) >= 11 is 0. The van der Waals surface area contributed by atoms with E-state index in [1.54, 1.807) is 18.2 Å². The highest BCUT2D eigenvalue weighted by Gasteiger charge is 2.06. The SMILES string of the molecule is N#[N+]c1ccc2ccc(=O)oc2c1. The zero-order valence-electron chi connectivity index (χ0n) is 6.60. The van der Waals surface area contributed by atoms with Gasteiger partial charge in [-0.2, -0.15) is 0 Å². The van der Waals surface area contributed by atoms with Gasteiger partial charge in [0.1, 0.15) is 5.58 Å². The van der Waals surface area contributed by atoms with Crippen LogP contribution in [-0.4, -0.2) is 0 Å². The van der Waals surface area contributed by atoms with Crippen molar-refractivity contribution in [1.82, 2.24) is 0 Å². The van der Waals surface area contributed by atoms with Crippen LogP contribution in [0, 0.1) is 5.39 Å². The Hall–Kier alpha value is -2.15. The molecule has 0 aliphatic heterocycles. The first-order valence-electron chi connectivity index (χ1n) is 3.68. The largest absolute Gasteiger partial charge is 0.422 e. The molecule has 0 unspecified atom stereocenters. The van der Waals surface area contributed by atoms with Crippen molar-refractivity contribution in [1.29, 1.82) is 5.39 Å². The molecule has 0 spiro atoms. The molecule has 4 nitrogen and oxygen atoms in total. The molecule has 13 heavy (non-hydrogen) atoms. The maximum atomic E-state index is 10.8. The third-order valence-corrected chi connectivity index (χ3v) is 1.72. The molecular formula is C9H5N2O2+. The van der Waals surface area contributed by atoms with Gasteiger partial charge in [0.15, 0.2) is 4.98 Å². The molecule has 0 radical (unpaired) electrons. The van der Waals surface area contributed by atoms with E-state index in [9.17, 15) is 4.79 Å². The molecule has 0 bridgehead atoms. The highest BCUT2D eigenvalue weighted by Crippen LogP contribution is 2.19. The monoisotopic (exact) mass is 173 g/mol. The Morgan fingerprint density at radius 1 is 1.23 bits per heavy atom. The Kier molecular flexibility index (Phi) is 1.57. The molecule has 0 N–H and O–H groups in total. The van der Waals surface area contributed by atoms with Crippen molar-refractivity contribution in [2.45, 2.75) is 0 Å². The van der Waals surface area contributed by atoms with E-state index in [1.165, 1.54) is 12.1 Å². The van der Waals surface area contributed by atoms with Crippen LogP contribution >= 0.6 is 0 Å². The Labute approximate surface area is 73.0 Å². The molecule has 0 saturated heterocycles. The second-order valence-electron chi connectivity index (χ2n) is 2.58. The summed E-state index contributed by atoms with van der Waals surface area (Å²) in [6.45, 7) is 0. The molecule has 2 rings (SSSR count). The van der Waals surface area contributed by atoms with E-state index >= 15 is 0 Å². The van der Waals surface area contributed by atoms with Gasteiger partial charge in [-0.1, -0.05) is 0 Å². The topological polar surface area (TPSA) is 58.4 Å². The van der Waals surface area contributed by atoms with Crippen LogP contribution in [0.15, 0.2) is 39.5 Å². The second kappa shape index (κ2) is 2.72. The van der Waals surface area contributed by atoms with Crippen LogP contribution in [0.1, 0.15) is 0 Å². The normalized spacial score (nSPS) is 9.77. The molecule has 4 heteroatoms. The van der Waals surface area contributed by atoms with Crippen LogP contribution < -0.4 is 5.63 Å². The zero-order chi connectivity index (χ0) is 9.26. The van der Waals surface area contributed by atoms with E-state index in [0.717, 1.165) is 5.39 Å². The minimum Gasteiger partial charge on any atom is -0.422 e. The fraction of sp³-hybridized carbons (Fsp3) is 0. The molecular weight excluding hydrogens is 168 g/mol. The lowest BCUT2D eigenvalue weighted by Crippen LogP contribution is -1.93. The first kappa shape index (κ1) is 7.50. The molecule has 0 aliphatic rings. The average Bonchev–Trinajstić information content (AvgIpc) is 2.16. The van der Waals surface area contributed by atoms with Crippen LogP contribution in [0.2, 0.25) is 0 Å². The first-order chi connectivity index (χ1) is 6.29. The van der Waals surface area contributed by atoms with Gasteiger partial charge in [0.25, 0.3) is 0 Å². The molecule has 62 valence electrons. The van der Waals surface area contributed by atoms with Gasteiger partial charge < -0.3 is 4.42 Å². The fourth-order valence-electron chi connectivity index (χ4n) is 1.11. The highest BCUT2D eigenvalue weighted by atomic mass is 16.4. The summed E-state index contributed by atoms with van der Waals surface area (Å²) in [6.07, 6.45) is 0. The quantitative estimate of drug-likeness (QED) is 0.453. The van der Waals surface area contributed by atoms with Crippen LogP contribution in [-0.2, 0) is 0 Å². The summed E-state index contributed by atoms with van der Waals surface area (Å²) in [6, 6.07) is 7.84. The maximum Gasteiger partial charge on any atom is 0.388 e. The summed E-state index contributed by atoms with van der Waals surface area (Å²) in [5, 5.41) is 9.27. The minimum absolute atomic E-state index is 0.363. The standard InChI is InChI=1S/C9H5N2O2/c10-11-7-3-1-6-2-4-9(12)13-8(6)5-7/h1-5H/q+1. The number of hydrogen-bond acceptors (Lipinski definition) is 3.